The highest BCUT2D eigenvalue weighted by Gasteiger charge is 2.27. The van der Waals surface area contributed by atoms with Gasteiger partial charge >= 0.3 is 5.69 Å². The van der Waals surface area contributed by atoms with Gasteiger partial charge in [-0.05, 0) is 48.9 Å². The SMILES string of the molecule is Cc1ccc([N+](=O)[O-])c(OCC(=O)N(C)C2CCCc3ccccc32)c1. The zero-order chi connectivity index (χ0) is 18.7. The van der Waals surface area contributed by atoms with Crippen molar-refractivity contribution in [1.29, 1.82) is 0 Å². The maximum Gasteiger partial charge on any atom is 0.310 e. The van der Waals surface area contributed by atoms with Gasteiger partial charge in [-0.1, -0.05) is 30.3 Å². The largest absolute Gasteiger partial charge is 0.477 e. The molecule has 0 spiro atoms. The van der Waals surface area contributed by atoms with Crippen LogP contribution in [0.1, 0.15) is 35.6 Å². The Balaban J connectivity index is 1.72. The fourth-order valence-corrected chi connectivity index (χ4v) is 3.43. The van der Waals surface area contributed by atoms with Crippen molar-refractivity contribution < 1.29 is 14.5 Å². The molecule has 0 saturated heterocycles. The van der Waals surface area contributed by atoms with Crippen LogP contribution in [0.2, 0.25) is 0 Å². The Hall–Kier alpha value is -2.89. The minimum atomic E-state index is -0.500. The standard InChI is InChI=1S/C20H22N2O4/c1-14-10-11-18(22(24)25)19(12-14)26-13-20(23)21(2)17-9-5-7-15-6-3-4-8-16(15)17/h3-4,6,8,10-12,17H,5,7,9,13H2,1-2H3. The van der Waals surface area contributed by atoms with Crippen LogP contribution in [-0.2, 0) is 11.2 Å². The van der Waals surface area contributed by atoms with Crippen molar-refractivity contribution in [3.63, 3.8) is 0 Å². The van der Waals surface area contributed by atoms with E-state index in [0.29, 0.717) is 0 Å². The quantitative estimate of drug-likeness (QED) is 0.604. The van der Waals surface area contributed by atoms with E-state index in [4.69, 9.17) is 4.74 Å². The summed E-state index contributed by atoms with van der Waals surface area (Å²) in [6, 6.07) is 12.8. The Morgan fingerprint density at radius 1 is 1.31 bits per heavy atom. The smallest absolute Gasteiger partial charge is 0.310 e. The van der Waals surface area contributed by atoms with Crippen LogP contribution < -0.4 is 4.74 Å². The molecule has 2 aromatic rings. The molecule has 1 aliphatic carbocycles. The molecule has 6 nitrogen and oxygen atoms in total. The number of nitro benzene ring substituents is 1. The van der Waals surface area contributed by atoms with Crippen molar-refractivity contribution in [3.8, 4) is 5.75 Å². The number of carbonyl (C=O) groups excluding carboxylic acids is 1. The summed E-state index contributed by atoms with van der Waals surface area (Å²) in [5.74, 6) is -0.0664. The summed E-state index contributed by atoms with van der Waals surface area (Å²) < 4.78 is 5.51. The zero-order valence-corrected chi connectivity index (χ0v) is 15.0. The van der Waals surface area contributed by atoms with Crippen LogP contribution in [0.4, 0.5) is 5.69 Å². The first-order valence-electron chi connectivity index (χ1n) is 8.68. The predicted octanol–water partition coefficient (Wildman–Crippen LogP) is 3.82. The van der Waals surface area contributed by atoms with Crippen molar-refractivity contribution in [2.24, 2.45) is 0 Å². The van der Waals surface area contributed by atoms with Gasteiger partial charge in [-0.3, -0.25) is 14.9 Å². The second-order valence-electron chi connectivity index (χ2n) is 6.63. The Kier molecular flexibility index (Phi) is 5.21. The summed E-state index contributed by atoms with van der Waals surface area (Å²) in [5.41, 5.74) is 3.16. The molecule has 0 saturated carbocycles. The number of carbonyl (C=O) groups is 1. The van der Waals surface area contributed by atoms with E-state index in [2.05, 4.69) is 12.1 Å². The average molecular weight is 354 g/mol. The molecule has 0 bridgehead atoms. The van der Waals surface area contributed by atoms with Gasteiger partial charge < -0.3 is 9.64 Å². The minimum absolute atomic E-state index is 0.0172. The van der Waals surface area contributed by atoms with Crippen molar-refractivity contribution in [1.82, 2.24) is 4.90 Å². The number of rotatable bonds is 5. The van der Waals surface area contributed by atoms with E-state index in [1.807, 2.05) is 19.1 Å². The summed E-state index contributed by atoms with van der Waals surface area (Å²) in [6.07, 6.45) is 2.97. The number of nitro groups is 1. The van der Waals surface area contributed by atoms with Gasteiger partial charge in [0, 0.05) is 13.1 Å². The van der Waals surface area contributed by atoms with Gasteiger partial charge in [0.25, 0.3) is 5.91 Å². The van der Waals surface area contributed by atoms with Crippen LogP contribution in [0.15, 0.2) is 42.5 Å². The van der Waals surface area contributed by atoms with Crippen LogP contribution >= 0.6 is 0 Å². The van der Waals surface area contributed by atoms with Crippen molar-refractivity contribution >= 4 is 11.6 Å². The molecule has 1 amide bonds. The van der Waals surface area contributed by atoms with Gasteiger partial charge in [-0.15, -0.1) is 0 Å². The molecule has 6 heteroatoms. The molecule has 2 aromatic carbocycles. The van der Waals surface area contributed by atoms with Crippen LogP contribution in [0.25, 0.3) is 0 Å². The van der Waals surface area contributed by atoms with Gasteiger partial charge in [-0.2, -0.15) is 0 Å². The number of amides is 1. The van der Waals surface area contributed by atoms with Gasteiger partial charge in [0.2, 0.25) is 0 Å². The highest BCUT2D eigenvalue weighted by atomic mass is 16.6. The van der Waals surface area contributed by atoms with Crippen LogP contribution in [0.5, 0.6) is 5.75 Å². The molecule has 0 aliphatic heterocycles. The van der Waals surface area contributed by atoms with E-state index >= 15 is 0 Å². The molecule has 1 unspecified atom stereocenters. The molecule has 0 aromatic heterocycles. The molecule has 26 heavy (non-hydrogen) atoms. The first kappa shape index (κ1) is 17.9. The fraction of sp³-hybridized carbons (Fsp3) is 0.350. The number of hydrogen-bond donors (Lipinski definition) is 0. The molecule has 1 atom stereocenters. The van der Waals surface area contributed by atoms with E-state index < -0.39 is 4.92 Å². The second-order valence-corrected chi connectivity index (χ2v) is 6.63. The summed E-state index contributed by atoms with van der Waals surface area (Å²) in [4.78, 5) is 24.9. The number of nitrogens with zero attached hydrogens (tertiary/aromatic N) is 2. The zero-order valence-electron chi connectivity index (χ0n) is 15.0. The monoisotopic (exact) mass is 354 g/mol. The molecule has 136 valence electrons. The molecule has 0 heterocycles. The van der Waals surface area contributed by atoms with Crippen LogP contribution in [0.3, 0.4) is 0 Å². The summed E-state index contributed by atoms with van der Waals surface area (Å²) in [6.45, 7) is 1.60. The number of ether oxygens (including phenoxy) is 1. The lowest BCUT2D eigenvalue weighted by Gasteiger charge is -2.33. The highest BCUT2D eigenvalue weighted by Crippen LogP contribution is 2.34. The summed E-state index contributed by atoms with van der Waals surface area (Å²) in [5, 5.41) is 11.1. The maximum absolute atomic E-state index is 12.6. The minimum Gasteiger partial charge on any atom is -0.477 e. The fourth-order valence-electron chi connectivity index (χ4n) is 3.43. The predicted molar refractivity (Wildman–Crippen MR) is 98.2 cm³/mol. The number of fused-ring (bicyclic) bond motifs is 1. The lowest BCUT2D eigenvalue weighted by molar-refractivity contribution is -0.385. The lowest BCUT2D eigenvalue weighted by Crippen LogP contribution is -2.36. The molecule has 3 rings (SSSR count). The first-order chi connectivity index (χ1) is 12.5. The van der Waals surface area contributed by atoms with Gasteiger partial charge in [-0.25, -0.2) is 0 Å². The van der Waals surface area contributed by atoms with E-state index in [9.17, 15) is 14.9 Å². The van der Waals surface area contributed by atoms with Gasteiger partial charge in [0.1, 0.15) is 0 Å². The second kappa shape index (κ2) is 7.56. The van der Waals surface area contributed by atoms with E-state index in [-0.39, 0.29) is 30.0 Å². The third-order valence-electron chi connectivity index (χ3n) is 4.86. The van der Waals surface area contributed by atoms with E-state index in [1.165, 1.54) is 17.2 Å². The number of likely N-dealkylation sites (N-methyl/N-ethyl adjacent to an activating group) is 1. The summed E-state index contributed by atoms with van der Waals surface area (Å²) >= 11 is 0. The van der Waals surface area contributed by atoms with Crippen LogP contribution in [0, 0.1) is 17.0 Å². The Labute approximate surface area is 152 Å². The van der Waals surface area contributed by atoms with Crippen molar-refractivity contribution in [2.45, 2.75) is 32.2 Å². The van der Waals surface area contributed by atoms with Crippen molar-refractivity contribution in [2.75, 3.05) is 13.7 Å². The average Bonchev–Trinajstić information content (AvgIpc) is 2.64. The van der Waals surface area contributed by atoms with E-state index in [1.54, 1.807) is 24.1 Å². The normalized spacial score (nSPS) is 15.8. The molecule has 0 radical (unpaired) electrons. The Morgan fingerprint density at radius 3 is 2.85 bits per heavy atom. The maximum atomic E-state index is 12.6. The van der Waals surface area contributed by atoms with Crippen molar-refractivity contribution in [3.05, 3.63) is 69.3 Å². The van der Waals surface area contributed by atoms with Gasteiger partial charge in [0.05, 0.1) is 11.0 Å². The Bertz CT molecular complexity index is 834. The van der Waals surface area contributed by atoms with Gasteiger partial charge in [0.15, 0.2) is 12.4 Å². The first-order valence-corrected chi connectivity index (χ1v) is 8.68. The topological polar surface area (TPSA) is 72.7 Å². The molecular weight excluding hydrogens is 332 g/mol. The van der Waals surface area contributed by atoms with E-state index in [0.717, 1.165) is 24.8 Å². The number of benzene rings is 2. The third-order valence-corrected chi connectivity index (χ3v) is 4.86. The molecular formula is C20H22N2O4. The Morgan fingerprint density at radius 2 is 2.08 bits per heavy atom. The third kappa shape index (κ3) is 3.69. The molecule has 1 aliphatic rings. The molecule has 0 N–H and O–H groups in total. The number of aryl methyl sites for hydroxylation is 2. The highest BCUT2D eigenvalue weighted by molar-refractivity contribution is 5.78. The molecule has 0 fully saturated rings. The number of hydrogen-bond acceptors (Lipinski definition) is 4. The van der Waals surface area contributed by atoms with Crippen LogP contribution in [-0.4, -0.2) is 29.4 Å². The lowest BCUT2D eigenvalue weighted by atomic mass is 9.87. The summed E-state index contributed by atoms with van der Waals surface area (Å²) in [7, 11) is 1.77.